The zero-order chi connectivity index (χ0) is 25.9. The van der Waals surface area contributed by atoms with Crippen molar-refractivity contribution in [3.8, 4) is 0 Å². The number of hydrogen-bond acceptors (Lipinski definition) is 3. The summed E-state index contributed by atoms with van der Waals surface area (Å²) in [5.41, 5.74) is 2.97. The maximum Gasteiger partial charge on any atom is 0.243 e. The monoisotopic (exact) mass is 542 g/mol. The Hall–Kier alpha value is -2.47. The van der Waals surface area contributed by atoms with Crippen LogP contribution in [0.4, 0.5) is 0 Å². The molecule has 3 aromatic carbocycles. The van der Waals surface area contributed by atoms with Gasteiger partial charge in [0, 0.05) is 35.3 Å². The summed E-state index contributed by atoms with van der Waals surface area (Å²) < 4.78 is 0. The molecule has 0 bridgehead atoms. The first-order valence-electron chi connectivity index (χ1n) is 12.0. The van der Waals surface area contributed by atoms with E-state index in [1.165, 1.54) is 11.8 Å². The Labute approximate surface area is 228 Å². The molecule has 4 nitrogen and oxygen atoms in total. The highest BCUT2D eigenvalue weighted by Gasteiger charge is 2.30. The predicted octanol–water partition coefficient (Wildman–Crippen LogP) is 6.64. The fourth-order valence-electron chi connectivity index (χ4n) is 3.73. The number of benzene rings is 3. The van der Waals surface area contributed by atoms with E-state index < -0.39 is 6.04 Å². The van der Waals surface area contributed by atoms with Gasteiger partial charge in [0.25, 0.3) is 0 Å². The molecule has 3 aromatic rings. The van der Waals surface area contributed by atoms with E-state index in [1.807, 2.05) is 72.8 Å². The van der Waals surface area contributed by atoms with Gasteiger partial charge in [-0.15, -0.1) is 11.8 Å². The highest BCUT2D eigenvalue weighted by Crippen LogP contribution is 2.20. The summed E-state index contributed by atoms with van der Waals surface area (Å²) in [6, 6.07) is 24.2. The minimum Gasteiger partial charge on any atom is -0.354 e. The zero-order valence-electron chi connectivity index (χ0n) is 20.6. The van der Waals surface area contributed by atoms with Crippen molar-refractivity contribution in [2.24, 2.45) is 5.92 Å². The number of nitrogens with one attached hydrogen (secondary N) is 1. The highest BCUT2D eigenvalue weighted by molar-refractivity contribution is 7.99. The Morgan fingerprint density at radius 1 is 0.861 bits per heavy atom. The van der Waals surface area contributed by atoms with Crippen LogP contribution in [0.15, 0.2) is 78.9 Å². The van der Waals surface area contributed by atoms with Crippen LogP contribution in [0.1, 0.15) is 30.5 Å². The van der Waals surface area contributed by atoms with Crippen LogP contribution >= 0.6 is 35.0 Å². The number of halogens is 2. The van der Waals surface area contributed by atoms with Crippen molar-refractivity contribution in [3.05, 3.63) is 106 Å². The molecule has 1 N–H and O–H groups in total. The molecule has 0 saturated heterocycles. The second kappa shape index (κ2) is 14.3. The fourth-order valence-corrected chi connectivity index (χ4v) is 4.94. The standard InChI is InChI=1S/C29H32Cl2N2O2S/c1-21(2)17-32-29(35)27(16-22-7-4-3-5-8-22)33(18-24-9-6-10-26(31)15-24)28(34)20-36-19-23-11-13-25(30)14-12-23/h3-15,21,27H,16-20H2,1-2H3,(H,32,35). The number of carbonyl (C=O) groups excluding carboxylic acids is 2. The molecule has 0 spiro atoms. The zero-order valence-corrected chi connectivity index (χ0v) is 23.0. The Morgan fingerprint density at radius 3 is 2.22 bits per heavy atom. The van der Waals surface area contributed by atoms with E-state index in [0.717, 1.165) is 16.7 Å². The first kappa shape index (κ1) is 28.1. The quantitative estimate of drug-likeness (QED) is 0.279. The minimum atomic E-state index is -0.645. The first-order chi connectivity index (χ1) is 17.3. The molecular weight excluding hydrogens is 511 g/mol. The molecular formula is C29H32Cl2N2O2S. The second-order valence-electron chi connectivity index (χ2n) is 9.12. The summed E-state index contributed by atoms with van der Waals surface area (Å²) in [7, 11) is 0. The van der Waals surface area contributed by atoms with Crippen LogP contribution < -0.4 is 5.32 Å². The van der Waals surface area contributed by atoms with Gasteiger partial charge in [-0.3, -0.25) is 9.59 Å². The van der Waals surface area contributed by atoms with Crippen LogP contribution in [0.25, 0.3) is 0 Å². The summed E-state index contributed by atoms with van der Waals surface area (Å²) in [4.78, 5) is 28.8. The number of hydrogen-bond donors (Lipinski definition) is 1. The molecule has 0 aliphatic carbocycles. The van der Waals surface area contributed by atoms with E-state index in [1.54, 1.807) is 11.0 Å². The van der Waals surface area contributed by atoms with Crippen molar-refractivity contribution < 1.29 is 9.59 Å². The molecule has 0 aromatic heterocycles. The maximum atomic E-state index is 13.6. The van der Waals surface area contributed by atoms with Gasteiger partial charge in [-0.25, -0.2) is 0 Å². The van der Waals surface area contributed by atoms with E-state index in [0.29, 0.717) is 41.2 Å². The van der Waals surface area contributed by atoms with Crippen molar-refractivity contribution in [1.82, 2.24) is 10.2 Å². The van der Waals surface area contributed by atoms with Crippen molar-refractivity contribution in [1.29, 1.82) is 0 Å². The summed E-state index contributed by atoms with van der Waals surface area (Å²) >= 11 is 13.7. The SMILES string of the molecule is CC(C)CNC(=O)C(Cc1ccccc1)N(Cc1cccc(Cl)c1)C(=O)CSCc1ccc(Cl)cc1. The van der Waals surface area contributed by atoms with Crippen molar-refractivity contribution >= 4 is 46.8 Å². The first-order valence-corrected chi connectivity index (χ1v) is 13.9. The van der Waals surface area contributed by atoms with Crippen molar-refractivity contribution in [2.75, 3.05) is 12.3 Å². The lowest BCUT2D eigenvalue weighted by Crippen LogP contribution is -2.51. The average Bonchev–Trinajstić information content (AvgIpc) is 2.86. The molecule has 0 saturated carbocycles. The van der Waals surface area contributed by atoms with Gasteiger partial charge in [0.2, 0.25) is 11.8 Å². The van der Waals surface area contributed by atoms with Gasteiger partial charge >= 0.3 is 0 Å². The molecule has 0 aliphatic heterocycles. The van der Waals surface area contributed by atoms with Crippen LogP contribution in [0.3, 0.4) is 0 Å². The molecule has 2 amide bonds. The smallest absolute Gasteiger partial charge is 0.243 e. The van der Waals surface area contributed by atoms with E-state index in [2.05, 4.69) is 19.2 Å². The molecule has 1 unspecified atom stereocenters. The van der Waals surface area contributed by atoms with Gasteiger partial charge in [-0.2, -0.15) is 0 Å². The molecule has 7 heteroatoms. The van der Waals surface area contributed by atoms with Gasteiger partial charge in [0.05, 0.1) is 5.75 Å². The molecule has 0 aliphatic rings. The summed E-state index contributed by atoms with van der Waals surface area (Å²) in [6.07, 6.45) is 0.429. The molecule has 0 radical (unpaired) electrons. The second-order valence-corrected chi connectivity index (χ2v) is 11.0. The predicted molar refractivity (Wildman–Crippen MR) is 151 cm³/mol. The van der Waals surface area contributed by atoms with E-state index >= 15 is 0 Å². The Kier molecular flexibility index (Phi) is 11.2. The van der Waals surface area contributed by atoms with Crippen LogP contribution in [0.5, 0.6) is 0 Å². The van der Waals surface area contributed by atoms with Crippen LogP contribution in [-0.4, -0.2) is 35.1 Å². The van der Waals surface area contributed by atoms with Crippen LogP contribution in [0.2, 0.25) is 10.0 Å². The van der Waals surface area contributed by atoms with Gasteiger partial charge < -0.3 is 10.2 Å². The lowest BCUT2D eigenvalue weighted by atomic mass is 10.0. The Balaban J connectivity index is 1.83. The molecule has 190 valence electrons. The number of nitrogens with zero attached hydrogens (tertiary/aromatic N) is 1. The molecule has 3 rings (SSSR count). The largest absolute Gasteiger partial charge is 0.354 e. The van der Waals surface area contributed by atoms with Crippen molar-refractivity contribution in [2.45, 2.75) is 38.6 Å². The van der Waals surface area contributed by atoms with E-state index in [-0.39, 0.29) is 17.6 Å². The lowest BCUT2D eigenvalue weighted by Gasteiger charge is -2.32. The molecule has 36 heavy (non-hydrogen) atoms. The topological polar surface area (TPSA) is 49.4 Å². The Morgan fingerprint density at radius 2 is 1.56 bits per heavy atom. The number of rotatable bonds is 12. The summed E-state index contributed by atoms with van der Waals surface area (Å²) in [6.45, 7) is 4.95. The third-order valence-corrected chi connectivity index (χ3v) is 7.08. The molecule has 0 heterocycles. The lowest BCUT2D eigenvalue weighted by molar-refractivity contribution is -0.139. The minimum absolute atomic E-state index is 0.0884. The Bertz CT molecular complexity index is 1120. The molecule has 0 fully saturated rings. The number of thioether (sulfide) groups is 1. The van der Waals surface area contributed by atoms with Crippen LogP contribution in [-0.2, 0) is 28.3 Å². The molecule has 1 atom stereocenters. The fraction of sp³-hybridized carbons (Fsp3) is 0.310. The summed E-state index contributed by atoms with van der Waals surface area (Å²) in [5.74, 6) is 1.00. The highest BCUT2D eigenvalue weighted by atomic mass is 35.5. The van der Waals surface area contributed by atoms with Crippen molar-refractivity contribution in [3.63, 3.8) is 0 Å². The number of carbonyl (C=O) groups is 2. The van der Waals surface area contributed by atoms with Gasteiger partial charge in [0.1, 0.15) is 6.04 Å². The van der Waals surface area contributed by atoms with Gasteiger partial charge in [0.15, 0.2) is 0 Å². The van der Waals surface area contributed by atoms with E-state index in [9.17, 15) is 9.59 Å². The third-order valence-electron chi connectivity index (χ3n) is 5.61. The van der Waals surface area contributed by atoms with Crippen LogP contribution in [0, 0.1) is 5.92 Å². The maximum absolute atomic E-state index is 13.6. The van der Waals surface area contributed by atoms with Gasteiger partial charge in [-0.05, 0) is 46.9 Å². The van der Waals surface area contributed by atoms with E-state index in [4.69, 9.17) is 23.2 Å². The number of amides is 2. The van der Waals surface area contributed by atoms with Gasteiger partial charge in [-0.1, -0.05) is 91.6 Å². The average molecular weight is 544 g/mol. The normalized spacial score (nSPS) is 11.8. The third kappa shape index (κ3) is 9.20. The summed E-state index contributed by atoms with van der Waals surface area (Å²) in [5, 5.41) is 4.33.